The quantitative estimate of drug-likeness (QED) is 0.496. The molecule has 1 aliphatic heterocycles. The van der Waals surface area contributed by atoms with Crippen molar-refractivity contribution in [3.05, 3.63) is 24.0 Å². The first-order valence-corrected chi connectivity index (χ1v) is 4.85. The van der Waals surface area contributed by atoms with Gasteiger partial charge in [-0.2, -0.15) is 0 Å². The fourth-order valence-electron chi connectivity index (χ4n) is 2.07. The van der Waals surface area contributed by atoms with E-state index in [-0.39, 0.29) is 5.97 Å². The second-order valence-electron chi connectivity index (χ2n) is 3.73. The van der Waals surface area contributed by atoms with Crippen molar-refractivity contribution in [1.82, 2.24) is 0 Å². The summed E-state index contributed by atoms with van der Waals surface area (Å²) >= 11 is 0. The van der Waals surface area contributed by atoms with E-state index in [1.807, 2.05) is 19.1 Å². The molecule has 1 saturated carbocycles. The van der Waals surface area contributed by atoms with Crippen LogP contribution in [0, 0.1) is 5.92 Å². The van der Waals surface area contributed by atoms with E-state index in [4.69, 9.17) is 9.47 Å². The molecule has 0 radical (unpaired) electrons. The van der Waals surface area contributed by atoms with Crippen molar-refractivity contribution >= 4 is 5.97 Å². The normalized spacial score (nSPS) is 35.7. The highest BCUT2D eigenvalue weighted by Gasteiger charge is 2.52. The predicted molar refractivity (Wildman–Crippen MR) is 51.5 cm³/mol. The maximum atomic E-state index is 11.3. The number of hydrogen-bond donors (Lipinski definition) is 0. The minimum absolute atomic E-state index is 0.323. The molecular formula is C11H14O3. The van der Waals surface area contributed by atoms with E-state index >= 15 is 0 Å². The SMILES string of the molecule is C/C=C/[C@H]1CC[C@@]12C=C(OC)C(=O)O2. The smallest absolute Gasteiger partial charge is 0.374 e. The first-order chi connectivity index (χ1) is 6.72. The Balaban J connectivity index is 2.20. The van der Waals surface area contributed by atoms with Crippen LogP contribution in [0.1, 0.15) is 19.8 Å². The van der Waals surface area contributed by atoms with Crippen molar-refractivity contribution in [2.24, 2.45) is 5.92 Å². The van der Waals surface area contributed by atoms with Crippen molar-refractivity contribution in [3.63, 3.8) is 0 Å². The summed E-state index contributed by atoms with van der Waals surface area (Å²) in [6, 6.07) is 0. The van der Waals surface area contributed by atoms with E-state index in [2.05, 4.69) is 6.08 Å². The first kappa shape index (κ1) is 9.31. The summed E-state index contributed by atoms with van der Waals surface area (Å²) in [6.45, 7) is 1.98. The highest BCUT2D eigenvalue weighted by Crippen LogP contribution is 2.47. The van der Waals surface area contributed by atoms with Crippen LogP contribution in [0.5, 0.6) is 0 Å². The van der Waals surface area contributed by atoms with Crippen LogP contribution in [-0.2, 0) is 14.3 Å². The maximum Gasteiger partial charge on any atom is 0.374 e. The summed E-state index contributed by atoms with van der Waals surface area (Å²) in [5.74, 6) is 0.338. The lowest BCUT2D eigenvalue weighted by molar-refractivity contribution is -0.159. The van der Waals surface area contributed by atoms with Gasteiger partial charge in [-0.3, -0.25) is 0 Å². The van der Waals surface area contributed by atoms with Crippen molar-refractivity contribution in [3.8, 4) is 0 Å². The lowest BCUT2D eigenvalue weighted by atomic mass is 9.69. The summed E-state index contributed by atoms with van der Waals surface area (Å²) in [5.41, 5.74) is -0.394. The molecule has 2 atom stereocenters. The Bertz CT molecular complexity index is 316. The Morgan fingerprint density at radius 2 is 2.50 bits per heavy atom. The standard InChI is InChI=1S/C11H14O3/c1-3-4-8-5-6-11(8)7-9(13-2)10(12)14-11/h3-4,7-8H,5-6H2,1-2H3/b4-3+/t8-,11+/m0/s1. The van der Waals surface area contributed by atoms with Gasteiger partial charge in [0, 0.05) is 12.0 Å². The molecule has 3 heteroatoms. The molecule has 2 rings (SSSR count). The molecular weight excluding hydrogens is 180 g/mol. The van der Waals surface area contributed by atoms with Gasteiger partial charge in [-0.1, -0.05) is 12.2 Å². The molecule has 1 aliphatic carbocycles. The lowest BCUT2D eigenvalue weighted by Crippen LogP contribution is -2.45. The summed E-state index contributed by atoms with van der Waals surface area (Å²) in [7, 11) is 1.50. The highest BCUT2D eigenvalue weighted by atomic mass is 16.6. The molecule has 0 aromatic rings. The topological polar surface area (TPSA) is 35.5 Å². The number of allylic oxidation sites excluding steroid dienone is 1. The van der Waals surface area contributed by atoms with Gasteiger partial charge in [0.05, 0.1) is 7.11 Å². The second kappa shape index (κ2) is 3.15. The molecule has 0 aromatic carbocycles. The molecule has 0 bridgehead atoms. The molecule has 1 spiro atoms. The van der Waals surface area contributed by atoms with Gasteiger partial charge in [0.1, 0.15) is 5.60 Å². The van der Waals surface area contributed by atoms with Gasteiger partial charge in [-0.05, 0) is 19.8 Å². The van der Waals surface area contributed by atoms with Gasteiger partial charge >= 0.3 is 5.97 Å². The van der Waals surface area contributed by atoms with Gasteiger partial charge in [-0.15, -0.1) is 0 Å². The lowest BCUT2D eigenvalue weighted by Gasteiger charge is -2.42. The second-order valence-corrected chi connectivity index (χ2v) is 3.73. The monoisotopic (exact) mass is 194 g/mol. The number of methoxy groups -OCH3 is 1. The number of carbonyl (C=O) groups is 1. The third-order valence-corrected chi connectivity index (χ3v) is 2.98. The summed E-state index contributed by atoms with van der Waals surface area (Å²) in [5, 5.41) is 0. The summed E-state index contributed by atoms with van der Waals surface area (Å²) < 4.78 is 10.3. The van der Waals surface area contributed by atoms with E-state index in [1.165, 1.54) is 7.11 Å². The number of ether oxygens (including phenoxy) is 2. The number of carbonyl (C=O) groups excluding carboxylic acids is 1. The Morgan fingerprint density at radius 1 is 1.71 bits per heavy atom. The zero-order valence-corrected chi connectivity index (χ0v) is 8.45. The van der Waals surface area contributed by atoms with E-state index < -0.39 is 5.60 Å². The van der Waals surface area contributed by atoms with Crippen molar-refractivity contribution in [2.75, 3.05) is 7.11 Å². The minimum atomic E-state index is -0.394. The molecule has 14 heavy (non-hydrogen) atoms. The molecule has 76 valence electrons. The Labute approximate surface area is 83.4 Å². The first-order valence-electron chi connectivity index (χ1n) is 4.85. The molecule has 0 saturated heterocycles. The van der Waals surface area contributed by atoms with E-state index in [1.54, 1.807) is 0 Å². The zero-order valence-electron chi connectivity index (χ0n) is 8.45. The van der Waals surface area contributed by atoms with Gasteiger partial charge in [0.25, 0.3) is 0 Å². The Kier molecular flexibility index (Phi) is 2.10. The van der Waals surface area contributed by atoms with Crippen LogP contribution in [0.3, 0.4) is 0 Å². The van der Waals surface area contributed by atoms with Gasteiger partial charge < -0.3 is 9.47 Å². The van der Waals surface area contributed by atoms with Crippen LogP contribution in [0.4, 0.5) is 0 Å². The van der Waals surface area contributed by atoms with Crippen molar-refractivity contribution in [1.29, 1.82) is 0 Å². The Hall–Kier alpha value is -1.25. The Morgan fingerprint density at radius 3 is 2.93 bits per heavy atom. The van der Waals surface area contributed by atoms with Crippen LogP contribution >= 0.6 is 0 Å². The average Bonchev–Trinajstić information content (AvgIpc) is 2.53. The molecule has 2 aliphatic rings. The van der Waals surface area contributed by atoms with Crippen LogP contribution in [0.15, 0.2) is 24.0 Å². The largest absolute Gasteiger partial charge is 0.490 e. The minimum Gasteiger partial charge on any atom is -0.490 e. The van der Waals surface area contributed by atoms with Gasteiger partial charge in [0.2, 0.25) is 5.76 Å². The van der Waals surface area contributed by atoms with Gasteiger partial charge in [-0.25, -0.2) is 4.79 Å². The van der Waals surface area contributed by atoms with E-state index in [0.717, 1.165) is 12.8 Å². The van der Waals surface area contributed by atoms with Gasteiger partial charge in [0.15, 0.2) is 0 Å². The summed E-state index contributed by atoms with van der Waals surface area (Å²) in [6.07, 6.45) is 7.89. The molecule has 0 aromatic heterocycles. The number of rotatable bonds is 2. The third kappa shape index (κ3) is 1.15. The van der Waals surface area contributed by atoms with Crippen LogP contribution in [-0.4, -0.2) is 18.7 Å². The molecule has 0 amide bonds. The zero-order chi connectivity index (χ0) is 10.2. The summed E-state index contributed by atoms with van der Waals surface area (Å²) in [4.78, 5) is 11.3. The maximum absolute atomic E-state index is 11.3. The van der Waals surface area contributed by atoms with Crippen LogP contribution in [0.2, 0.25) is 0 Å². The fraction of sp³-hybridized carbons (Fsp3) is 0.545. The average molecular weight is 194 g/mol. The molecule has 1 heterocycles. The van der Waals surface area contributed by atoms with Crippen molar-refractivity contribution in [2.45, 2.75) is 25.4 Å². The van der Waals surface area contributed by atoms with E-state index in [9.17, 15) is 4.79 Å². The molecule has 0 N–H and O–H groups in total. The highest BCUT2D eigenvalue weighted by molar-refractivity contribution is 5.89. The van der Waals surface area contributed by atoms with Crippen molar-refractivity contribution < 1.29 is 14.3 Å². The van der Waals surface area contributed by atoms with Crippen LogP contribution < -0.4 is 0 Å². The fourth-order valence-corrected chi connectivity index (χ4v) is 2.07. The number of hydrogen-bond acceptors (Lipinski definition) is 3. The molecule has 1 fully saturated rings. The molecule has 3 nitrogen and oxygen atoms in total. The van der Waals surface area contributed by atoms with Crippen LogP contribution in [0.25, 0.3) is 0 Å². The molecule has 0 unspecified atom stereocenters. The van der Waals surface area contributed by atoms with E-state index in [0.29, 0.717) is 11.7 Å². The predicted octanol–water partition coefficient (Wildman–Crippen LogP) is 1.80. The third-order valence-electron chi connectivity index (χ3n) is 2.98. The number of esters is 1.